The van der Waals surface area contributed by atoms with E-state index in [0.717, 1.165) is 2.97 Å². The van der Waals surface area contributed by atoms with Gasteiger partial charge in [-0.05, 0) is 15.8 Å². The maximum absolute atomic E-state index is 5.30. The van der Waals surface area contributed by atoms with Crippen LogP contribution in [0.4, 0.5) is 0 Å². The molecule has 5 heavy (non-hydrogen) atoms. The van der Waals surface area contributed by atoms with Crippen LogP contribution in [0.25, 0.3) is 0 Å². The van der Waals surface area contributed by atoms with E-state index in [0.29, 0.717) is 0 Å². The average Bonchev–Trinajstić information content (AvgIpc) is 1.38. The number of hydrogen-bond donors (Lipinski definition) is 0. The zero-order valence-electron chi connectivity index (χ0n) is 2.63. The summed E-state index contributed by atoms with van der Waals surface area (Å²) in [5.41, 5.74) is 0. The van der Waals surface area contributed by atoms with Crippen molar-refractivity contribution in [2.45, 2.75) is 6.92 Å². The summed E-state index contributed by atoms with van der Waals surface area (Å²) in [4.78, 5) is 0. The summed E-state index contributed by atoms with van der Waals surface area (Å²) in [7, 11) is 5.28. The van der Waals surface area contributed by atoms with Crippen molar-refractivity contribution in [3.8, 4) is 0 Å². The van der Waals surface area contributed by atoms with Gasteiger partial charge < -0.3 is 0 Å². The van der Waals surface area contributed by atoms with Crippen molar-refractivity contribution < 1.29 is 0 Å². The molecule has 0 saturated heterocycles. The minimum atomic E-state index is -0.298. The fourth-order valence-corrected chi connectivity index (χ4v) is 0. The van der Waals surface area contributed by atoms with Gasteiger partial charge in [-0.3, -0.25) is 0 Å². The largest absolute Gasteiger partial charge is 0.0819 e. The summed E-state index contributed by atoms with van der Waals surface area (Å²) >= 11 is 5.00. The summed E-state index contributed by atoms with van der Waals surface area (Å²) in [6, 6.07) is 0. The Morgan fingerprint density at radius 3 is 2.00 bits per heavy atom. The lowest BCUT2D eigenvalue weighted by atomic mass is 11.0. The first-order chi connectivity index (χ1) is 2.27. The first-order valence-corrected chi connectivity index (χ1v) is 5.21. The lowest BCUT2D eigenvalue weighted by molar-refractivity contribution is 2.12. The highest BCUT2D eigenvalue weighted by Gasteiger charge is 1.68. The van der Waals surface area contributed by atoms with E-state index in [1.54, 1.807) is 0 Å². The third kappa shape index (κ3) is 5.18. The smallest absolute Gasteiger partial charge is 0.0587 e. The molecule has 0 aromatic heterocycles. The number of hydrogen-bond acceptors (Lipinski definition) is 0. The number of rotatable bonds is 0. The van der Waals surface area contributed by atoms with Gasteiger partial charge in [-0.1, -0.05) is 11.6 Å². The van der Waals surface area contributed by atoms with Gasteiger partial charge in [0, 0.05) is 19.6 Å². The van der Waals surface area contributed by atoms with E-state index in [1.165, 1.54) is 0 Å². The molecule has 0 spiro atoms. The van der Waals surface area contributed by atoms with Gasteiger partial charge in [0.1, 0.15) is 0 Å². The van der Waals surface area contributed by atoms with Crippen molar-refractivity contribution in [1.29, 1.82) is 0 Å². The van der Waals surface area contributed by atoms with Gasteiger partial charge in [0.05, 0.1) is 2.97 Å². The van der Waals surface area contributed by atoms with Crippen molar-refractivity contribution in [2.75, 3.05) is 0 Å². The van der Waals surface area contributed by atoms with Gasteiger partial charge in [-0.25, -0.2) is 0 Å². The molecule has 0 aliphatic heterocycles. The molecule has 0 N–H and O–H groups in total. The average molecular weight is 225 g/mol. The minimum absolute atomic E-state index is 0.298. The van der Waals surface area contributed by atoms with Crippen LogP contribution in [-0.4, -0.2) is 2.97 Å². The molecule has 0 unspecified atom stereocenters. The van der Waals surface area contributed by atoms with Gasteiger partial charge in [0.25, 0.3) is 0 Å². The Balaban J connectivity index is 3.14. The fourth-order valence-electron chi connectivity index (χ4n) is 0. The zero-order chi connectivity index (χ0) is 4.28. The summed E-state index contributed by atoms with van der Waals surface area (Å²) in [5, 5.41) is 0. The highest BCUT2D eigenvalue weighted by atomic mass is 127. The molecule has 32 valence electrons. The van der Waals surface area contributed by atoms with Crippen molar-refractivity contribution in [1.82, 2.24) is 0 Å². The molecule has 0 saturated carbocycles. The van der Waals surface area contributed by atoms with E-state index in [-0.39, 0.29) is 19.6 Å². The summed E-state index contributed by atoms with van der Waals surface area (Å²) < 4.78 is 0.852. The molecule has 0 radical (unpaired) electrons. The topological polar surface area (TPSA) is 0 Å². The predicted octanol–water partition coefficient (Wildman–Crippen LogP) is 2.50. The molecular formula is C2H3Cl2I. The van der Waals surface area contributed by atoms with Crippen LogP contribution < -0.4 is 0 Å². The van der Waals surface area contributed by atoms with E-state index >= 15 is 0 Å². The Hall–Kier alpha value is 1.18. The molecule has 0 aliphatic carbocycles. The van der Waals surface area contributed by atoms with Crippen LogP contribution in [0.15, 0.2) is 0 Å². The molecular weight excluding hydrogens is 222 g/mol. The van der Waals surface area contributed by atoms with E-state index < -0.39 is 0 Å². The monoisotopic (exact) mass is 224 g/mol. The molecule has 0 atom stereocenters. The zero-order valence-corrected chi connectivity index (χ0v) is 6.30. The molecule has 0 heterocycles. The SMILES string of the molecule is CC(Cl)=ICl. The molecule has 3 heteroatoms. The Bertz CT molecular complexity index is 45.6. The molecule has 0 amide bonds. The highest BCUT2D eigenvalue weighted by Crippen LogP contribution is 2.07. The third-order valence-electron chi connectivity index (χ3n) is 0.0984. The summed E-state index contributed by atoms with van der Waals surface area (Å²) in [6.07, 6.45) is 0. The van der Waals surface area contributed by atoms with Crippen molar-refractivity contribution in [3.63, 3.8) is 0 Å². The van der Waals surface area contributed by atoms with Crippen molar-refractivity contribution in [3.05, 3.63) is 0 Å². The van der Waals surface area contributed by atoms with E-state index in [2.05, 4.69) is 0 Å². The molecule has 0 rings (SSSR count). The van der Waals surface area contributed by atoms with Crippen LogP contribution in [0.2, 0.25) is 0 Å². The van der Waals surface area contributed by atoms with E-state index in [9.17, 15) is 0 Å². The van der Waals surface area contributed by atoms with Crippen LogP contribution >= 0.6 is 40.1 Å². The molecule has 0 aromatic carbocycles. The minimum Gasteiger partial charge on any atom is -0.0819 e. The van der Waals surface area contributed by atoms with Gasteiger partial charge in [-0.2, -0.15) is 0 Å². The second-order valence-corrected chi connectivity index (χ2v) is 4.71. The van der Waals surface area contributed by atoms with Gasteiger partial charge in [-0.15, -0.1) is 0 Å². The van der Waals surface area contributed by atoms with Gasteiger partial charge in [0.2, 0.25) is 0 Å². The quantitative estimate of drug-likeness (QED) is 0.555. The Kier molecular flexibility index (Phi) is 4.17. The molecule has 0 fully saturated rings. The summed E-state index contributed by atoms with van der Waals surface area (Å²) in [6.45, 7) is 1.82. The van der Waals surface area contributed by atoms with Gasteiger partial charge in [0.15, 0.2) is 0 Å². The third-order valence-corrected chi connectivity index (χ3v) is 3.07. The second-order valence-electron chi connectivity index (χ2n) is 0.521. The van der Waals surface area contributed by atoms with Crippen molar-refractivity contribution in [2.24, 2.45) is 0 Å². The maximum Gasteiger partial charge on any atom is 0.0587 e. The fraction of sp³-hybridized carbons (Fsp3) is 0.500. The highest BCUT2D eigenvalue weighted by molar-refractivity contribution is 14.2. The second kappa shape index (κ2) is 3.37. The molecule has 0 aliphatic rings. The van der Waals surface area contributed by atoms with Crippen LogP contribution in [0.1, 0.15) is 6.92 Å². The normalized spacial score (nSPS) is 13.8. The lowest BCUT2D eigenvalue weighted by Crippen LogP contribution is -1.56. The van der Waals surface area contributed by atoms with Crippen LogP contribution in [0, 0.1) is 0 Å². The first-order valence-electron chi connectivity index (χ1n) is 1.02. The van der Waals surface area contributed by atoms with Crippen LogP contribution in [0.5, 0.6) is 0 Å². The van der Waals surface area contributed by atoms with Crippen LogP contribution in [-0.2, 0) is 0 Å². The molecule has 0 bridgehead atoms. The summed E-state index contributed by atoms with van der Waals surface area (Å²) in [5.74, 6) is 0. The predicted molar refractivity (Wildman–Crippen MR) is 36.4 cm³/mol. The maximum atomic E-state index is 5.30. The molecule has 0 aromatic rings. The molecule has 0 nitrogen and oxygen atoms in total. The van der Waals surface area contributed by atoms with E-state index in [1.807, 2.05) is 6.92 Å². The Morgan fingerprint density at radius 1 is 1.80 bits per heavy atom. The van der Waals surface area contributed by atoms with E-state index in [4.69, 9.17) is 20.5 Å². The Morgan fingerprint density at radius 2 is 2.00 bits per heavy atom. The lowest BCUT2D eigenvalue weighted by Gasteiger charge is -1.66. The Labute approximate surface area is 49.9 Å². The van der Waals surface area contributed by atoms with Gasteiger partial charge >= 0.3 is 0 Å². The first kappa shape index (κ1) is 6.18. The van der Waals surface area contributed by atoms with Crippen molar-refractivity contribution >= 4 is 43.1 Å². The van der Waals surface area contributed by atoms with Crippen LogP contribution in [0.3, 0.4) is 0 Å². The standard InChI is InChI=1S/C2H3Cl2I/c1-2(3)5-4/h1H3. The number of halogens is 3.